The lowest BCUT2D eigenvalue weighted by atomic mass is 10.1. The zero-order chi connectivity index (χ0) is 17.6. The highest BCUT2D eigenvalue weighted by Crippen LogP contribution is 2.22. The van der Waals surface area contributed by atoms with E-state index in [1.54, 1.807) is 7.11 Å². The zero-order valence-corrected chi connectivity index (χ0v) is 14.5. The topological polar surface area (TPSA) is 70.2 Å². The molecule has 5 heteroatoms. The fourth-order valence-electron chi connectivity index (χ4n) is 2.78. The number of nitrogens with one attached hydrogen (secondary N) is 2. The monoisotopic (exact) mass is 337 g/mol. The number of aromatic amines is 1. The maximum Gasteiger partial charge on any atom is 0.118 e. The van der Waals surface area contributed by atoms with Crippen LogP contribution in [-0.4, -0.2) is 29.0 Å². The molecule has 2 aromatic carbocycles. The van der Waals surface area contributed by atoms with Crippen LogP contribution < -0.4 is 10.1 Å². The van der Waals surface area contributed by atoms with Gasteiger partial charge in [0.1, 0.15) is 5.75 Å². The molecule has 3 N–H and O–H groups in total. The zero-order valence-electron chi connectivity index (χ0n) is 14.5. The second-order valence-electron chi connectivity index (χ2n) is 6.06. The number of hydrogen-bond donors (Lipinski definition) is 3. The van der Waals surface area contributed by atoms with Gasteiger partial charge in [0.15, 0.2) is 0 Å². The standard InChI is InChI=1S/C20H23N3O2/c1-14-4-3-5-16(10-14)20-17(12-22-23-20)11-21-13-19(24)15-6-8-18(25-2)9-7-15/h3-10,12,19,21,24H,11,13H2,1-2H3,(H,22,23). The minimum atomic E-state index is -0.569. The van der Waals surface area contributed by atoms with Gasteiger partial charge in [-0.15, -0.1) is 0 Å². The molecule has 0 amide bonds. The fourth-order valence-corrected chi connectivity index (χ4v) is 2.78. The van der Waals surface area contributed by atoms with Crippen LogP contribution >= 0.6 is 0 Å². The summed E-state index contributed by atoms with van der Waals surface area (Å²) in [6.45, 7) is 3.17. The molecule has 0 aliphatic rings. The third-order valence-electron chi connectivity index (χ3n) is 4.18. The first-order valence-corrected chi connectivity index (χ1v) is 8.29. The van der Waals surface area contributed by atoms with E-state index < -0.39 is 6.10 Å². The van der Waals surface area contributed by atoms with Crippen molar-refractivity contribution >= 4 is 0 Å². The molecule has 3 rings (SSSR count). The van der Waals surface area contributed by atoms with Crippen molar-refractivity contribution in [3.05, 3.63) is 71.4 Å². The summed E-state index contributed by atoms with van der Waals surface area (Å²) in [5.41, 5.74) is 5.27. The van der Waals surface area contributed by atoms with Gasteiger partial charge in [-0.2, -0.15) is 5.10 Å². The van der Waals surface area contributed by atoms with Crippen molar-refractivity contribution in [3.8, 4) is 17.0 Å². The first-order chi connectivity index (χ1) is 12.2. The predicted molar refractivity (Wildman–Crippen MR) is 98.4 cm³/mol. The van der Waals surface area contributed by atoms with Crippen LogP contribution in [0.4, 0.5) is 0 Å². The summed E-state index contributed by atoms with van der Waals surface area (Å²) in [4.78, 5) is 0. The quantitative estimate of drug-likeness (QED) is 0.619. The molecule has 1 atom stereocenters. The van der Waals surface area contributed by atoms with E-state index in [-0.39, 0.29) is 0 Å². The van der Waals surface area contributed by atoms with E-state index >= 15 is 0 Å². The first-order valence-electron chi connectivity index (χ1n) is 8.29. The van der Waals surface area contributed by atoms with Gasteiger partial charge in [0.05, 0.1) is 25.1 Å². The van der Waals surface area contributed by atoms with Gasteiger partial charge in [-0.3, -0.25) is 5.10 Å². The Labute approximate surface area is 147 Å². The Morgan fingerprint density at radius 2 is 2.00 bits per heavy atom. The molecule has 5 nitrogen and oxygen atoms in total. The molecule has 0 aliphatic heterocycles. The summed E-state index contributed by atoms with van der Waals surface area (Å²) in [6.07, 6.45) is 1.25. The Morgan fingerprint density at radius 3 is 2.72 bits per heavy atom. The van der Waals surface area contributed by atoms with Crippen LogP contribution in [0.1, 0.15) is 22.8 Å². The fraction of sp³-hybridized carbons (Fsp3) is 0.250. The van der Waals surface area contributed by atoms with Crippen LogP contribution in [0.3, 0.4) is 0 Å². The molecule has 0 spiro atoms. The van der Waals surface area contributed by atoms with E-state index in [0.29, 0.717) is 13.1 Å². The van der Waals surface area contributed by atoms with Gasteiger partial charge in [0, 0.05) is 24.2 Å². The molecule has 3 aromatic rings. The Kier molecular flexibility index (Phi) is 5.48. The molecular formula is C20H23N3O2. The molecule has 0 fully saturated rings. The number of aromatic nitrogens is 2. The van der Waals surface area contributed by atoms with Crippen LogP contribution in [0.15, 0.2) is 54.7 Å². The van der Waals surface area contributed by atoms with Crippen molar-refractivity contribution in [1.82, 2.24) is 15.5 Å². The molecule has 1 heterocycles. The first kappa shape index (κ1) is 17.2. The van der Waals surface area contributed by atoms with Crippen molar-refractivity contribution < 1.29 is 9.84 Å². The van der Waals surface area contributed by atoms with Crippen molar-refractivity contribution in [2.75, 3.05) is 13.7 Å². The molecule has 130 valence electrons. The Morgan fingerprint density at radius 1 is 1.20 bits per heavy atom. The summed E-state index contributed by atoms with van der Waals surface area (Å²) < 4.78 is 5.13. The highest BCUT2D eigenvalue weighted by atomic mass is 16.5. The number of benzene rings is 2. The maximum atomic E-state index is 10.3. The van der Waals surface area contributed by atoms with Crippen LogP contribution in [-0.2, 0) is 6.54 Å². The van der Waals surface area contributed by atoms with Gasteiger partial charge >= 0.3 is 0 Å². The minimum Gasteiger partial charge on any atom is -0.497 e. The van der Waals surface area contributed by atoms with E-state index in [2.05, 4.69) is 40.6 Å². The highest BCUT2D eigenvalue weighted by Gasteiger charge is 2.10. The number of methoxy groups -OCH3 is 1. The van der Waals surface area contributed by atoms with Gasteiger partial charge in [-0.1, -0.05) is 35.9 Å². The lowest BCUT2D eigenvalue weighted by Crippen LogP contribution is -2.21. The molecule has 0 saturated heterocycles. The van der Waals surface area contributed by atoms with Gasteiger partial charge in [0.2, 0.25) is 0 Å². The summed E-state index contributed by atoms with van der Waals surface area (Å²) in [7, 11) is 1.63. The molecular weight excluding hydrogens is 314 g/mol. The largest absolute Gasteiger partial charge is 0.497 e. The molecule has 1 unspecified atom stereocenters. The number of aryl methyl sites for hydroxylation is 1. The van der Waals surface area contributed by atoms with E-state index in [1.807, 2.05) is 36.5 Å². The van der Waals surface area contributed by atoms with Crippen molar-refractivity contribution in [1.29, 1.82) is 0 Å². The molecule has 25 heavy (non-hydrogen) atoms. The summed E-state index contributed by atoms with van der Waals surface area (Å²) in [5.74, 6) is 0.783. The van der Waals surface area contributed by atoms with Crippen LogP contribution in [0.25, 0.3) is 11.3 Å². The number of ether oxygens (including phenoxy) is 1. The Bertz CT molecular complexity index is 812. The lowest BCUT2D eigenvalue weighted by molar-refractivity contribution is 0.174. The predicted octanol–water partition coefficient (Wildman–Crippen LogP) is 3.22. The summed E-state index contributed by atoms with van der Waals surface area (Å²) in [5, 5.41) is 20.8. The third-order valence-corrected chi connectivity index (χ3v) is 4.18. The number of nitrogens with zero attached hydrogens (tertiary/aromatic N) is 1. The average molecular weight is 337 g/mol. The van der Waals surface area contributed by atoms with Gasteiger partial charge in [-0.05, 0) is 30.7 Å². The van der Waals surface area contributed by atoms with Crippen molar-refractivity contribution in [2.24, 2.45) is 0 Å². The van der Waals surface area contributed by atoms with E-state index in [4.69, 9.17) is 4.74 Å². The SMILES string of the molecule is COc1ccc(C(O)CNCc2cn[nH]c2-c2cccc(C)c2)cc1. The smallest absolute Gasteiger partial charge is 0.118 e. The number of H-pyrrole nitrogens is 1. The normalized spacial score (nSPS) is 12.1. The number of aliphatic hydroxyl groups is 1. The van der Waals surface area contributed by atoms with Crippen molar-refractivity contribution in [3.63, 3.8) is 0 Å². The lowest BCUT2D eigenvalue weighted by Gasteiger charge is -2.13. The van der Waals surface area contributed by atoms with Crippen LogP contribution in [0, 0.1) is 6.92 Å². The number of aliphatic hydroxyl groups excluding tert-OH is 1. The molecule has 0 saturated carbocycles. The van der Waals surface area contributed by atoms with Crippen LogP contribution in [0.5, 0.6) is 5.75 Å². The molecule has 0 radical (unpaired) electrons. The second-order valence-corrected chi connectivity index (χ2v) is 6.06. The van der Waals surface area contributed by atoms with Crippen molar-refractivity contribution in [2.45, 2.75) is 19.6 Å². The summed E-state index contributed by atoms with van der Waals surface area (Å²) >= 11 is 0. The average Bonchev–Trinajstić information content (AvgIpc) is 3.10. The molecule has 1 aromatic heterocycles. The Balaban J connectivity index is 1.60. The van der Waals surface area contributed by atoms with E-state index in [1.165, 1.54) is 5.56 Å². The van der Waals surface area contributed by atoms with Gasteiger partial charge in [0.25, 0.3) is 0 Å². The molecule has 0 aliphatic carbocycles. The number of hydrogen-bond acceptors (Lipinski definition) is 4. The van der Waals surface area contributed by atoms with E-state index in [0.717, 1.165) is 28.1 Å². The molecule has 0 bridgehead atoms. The van der Waals surface area contributed by atoms with Gasteiger partial charge < -0.3 is 15.2 Å². The summed E-state index contributed by atoms with van der Waals surface area (Å²) in [6, 6.07) is 15.8. The van der Waals surface area contributed by atoms with E-state index in [9.17, 15) is 5.11 Å². The highest BCUT2D eigenvalue weighted by molar-refractivity contribution is 5.63. The Hall–Kier alpha value is -2.63. The van der Waals surface area contributed by atoms with Gasteiger partial charge in [-0.25, -0.2) is 0 Å². The maximum absolute atomic E-state index is 10.3. The second kappa shape index (κ2) is 7.96. The van der Waals surface area contributed by atoms with Crippen LogP contribution in [0.2, 0.25) is 0 Å². The number of rotatable bonds is 7. The third kappa shape index (κ3) is 4.26. The minimum absolute atomic E-state index is 0.463.